The standard InChI is InChI=1S/C37H28N4/c1-2-35-31(24-38)30-17-7-8-22-36(30)41(35)37-23-11-21-34(40-37)33-20-10-19-32(39-33)29-16-6-5-15-28(29)27-18-9-13-25-12-3-4-14-26(25)27/h2-23H,1,24,38H2. The highest BCUT2D eigenvalue weighted by atomic mass is 15.1. The van der Waals surface area contributed by atoms with Gasteiger partial charge in [-0.05, 0) is 63.9 Å². The summed E-state index contributed by atoms with van der Waals surface area (Å²) in [4.78, 5) is 10.2. The van der Waals surface area contributed by atoms with E-state index < -0.39 is 0 Å². The second kappa shape index (κ2) is 10.3. The zero-order chi connectivity index (χ0) is 27.8. The molecule has 4 nitrogen and oxygen atoms in total. The highest BCUT2D eigenvalue weighted by Crippen LogP contribution is 2.36. The van der Waals surface area contributed by atoms with E-state index in [1.807, 2.05) is 42.5 Å². The highest BCUT2D eigenvalue weighted by Gasteiger charge is 2.17. The van der Waals surface area contributed by atoms with Crippen LogP contribution in [-0.4, -0.2) is 14.5 Å². The molecule has 0 radical (unpaired) electrons. The minimum absolute atomic E-state index is 0.425. The Kier molecular flexibility index (Phi) is 6.23. The lowest BCUT2D eigenvalue weighted by molar-refractivity contribution is 0.997. The first kappa shape index (κ1) is 24.7. The number of rotatable bonds is 6. The molecule has 0 bridgehead atoms. The lowest BCUT2D eigenvalue weighted by Gasteiger charge is -2.13. The second-order valence-corrected chi connectivity index (χ2v) is 9.99. The third-order valence-electron chi connectivity index (χ3n) is 7.68. The van der Waals surface area contributed by atoms with Crippen molar-refractivity contribution in [3.05, 3.63) is 145 Å². The van der Waals surface area contributed by atoms with Crippen LogP contribution in [0.2, 0.25) is 0 Å². The lowest BCUT2D eigenvalue weighted by atomic mass is 9.93. The molecule has 0 aliphatic heterocycles. The average Bonchev–Trinajstić information content (AvgIpc) is 3.38. The van der Waals surface area contributed by atoms with Crippen LogP contribution in [0, 0.1) is 0 Å². The molecule has 41 heavy (non-hydrogen) atoms. The molecule has 7 aromatic rings. The van der Waals surface area contributed by atoms with Crippen molar-refractivity contribution in [2.24, 2.45) is 5.73 Å². The predicted octanol–water partition coefficient (Wildman–Crippen LogP) is 8.68. The van der Waals surface area contributed by atoms with Crippen LogP contribution in [0.4, 0.5) is 0 Å². The Hall–Kier alpha value is -5.32. The molecule has 3 aromatic heterocycles. The summed E-state index contributed by atoms with van der Waals surface area (Å²) in [5, 5.41) is 3.56. The smallest absolute Gasteiger partial charge is 0.138 e. The average molecular weight is 529 g/mol. The third kappa shape index (κ3) is 4.22. The van der Waals surface area contributed by atoms with Crippen molar-refractivity contribution in [2.45, 2.75) is 6.54 Å². The van der Waals surface area contributed by atoms with E-state index in [-0.39, 0.29) is 0 Å². The molecule has 0 aliphatic rings. The highest BCUT2D eigenvalue weighted by molar-refractivity contribution is 6.00. The van der Waals surface area contributed by atoms with Gasteiger partial charge in [-0.3, -0.25) is 4.57 Å². The first-order valence-electron chi connectivity index (χ1n) is 13.7. The number of aromatic nitrogens is 3. The van der Waals surface area contributed by atoms with Crippen LogP contribution in [0.5, 0.6) is 0 Å². The molecule has 0 spiro atoms. The fourth-order valence-corrected chi connectivity index (χ4v) is 5.82. The molecule has 0 atom stereocenters. The molecular formula is C37H28N4. The molecule has 4 aromatic carbocycles. The summed E-state index contributed by atoms with van der Waals surface area (Å²) in [6, 6.07) is 43.9. The van der Waals surface area contributed by atoms with Crippen molar-refractivity contribution < 1.29 is 0 Å². The maximum Gasteiger partial charge on any atom is 0.138 e. The van der Waals surface area contributed by atoms with Crippen molar-refractivity contribution in [3.8, 4) is 39.6 Å². The largest absolute Gasteiger partial charge is 0.326 e. The van der Waals surface area contributed by atoms with Gasteiger partial charge in [0.15, 0.2) is 0 Å². The van der Waals surface area contributed by atoms with Gasteiger partial charge >= 0.3 is 0 Å². The minimum Gasteiger partial charge on any atom is -0.326 e. The summed E-state index contributed by atoms with van der Waals surface area (Å²) in [5.41, 5.74) is 15.2. The van der Waals surface area contributed by atoms with Crippen LogP contribution in [0.1, 0.15) is 11.3 Å². The first-order valence-corrected chi connectivity index (χ1v) is 13.7. The molecule has 2 N–H and O–H groups in total. The Bertz CT molecular complexity index is 2060. The molecule has 4 heteroatoms. The number of nitrogens with two attached hydrogens (primary N) is 1. The van der Waals surface area contributed by atoms with Gasteiger partial charge in [0.1, 0.15) is 5.82 Å². The van der Waals surface area contributed by atoms with Crippen molar-refractivity contribution in [3.63, 3.8) is 0 Å². The number of hydrogen-bond acceptors (Lipinski definition) is 3. The number of fused-ring (bicyclic) bond motifs is 2. The lowest BCUT2D eigenvalue weighted by Crippen LogP contribution is -2.03. The van der Waals surface area contributed by atoms with E-state index >= 15 is 0 Å². The Balaban J connectivity index is 1.35. The third-order valence-corrected chi connectivity index (χ3v) is 7.68. The van der Waals surface area contributed by atoms with E-state index in [1.54, 1.807) is 0 Å². The van der Waals surface area contributed by atoms with Crippen molar-refractivity contribution in [1.29, 1.82) is 0 Å². The van der Waals surface area contributed by atoms with Crippen molar-refractivity contribution >= 4 is 27.8 Å². The number of nitrogens with zero attached hydrogens (tertiary/aromatic N) is 3. The fourth-order valence-electron chi connectivity index (χ4n) is 5.82. The summed E-state index contributed by atoms with van der Waals surface area (Å²) >= 11 is 0. The molecule has 0 unspecified atom stereocenters. The summed E-state index contributed by atoms with van der Waals surface area (Å²) < 4.78 is 2.13. The number of para-hydroxylation sites is 1. The monoisotopic (exact) mass is 528 g/mol. The van der Waals surface area contributed by atoms with E-state index in [1.165, 1.54) is 16.3 Å². The molecule has 3 heterocycles. The molecule has 0 aliphatic carbocycles. The minimum atomic E-state index is 0.425. The molecule has 0 fully saturated rings. The number of pyridine rings is 2. The van der Waals surface area contributed by atoms with E-state index in [0.717, 1.165) is 56.2 Å². The van der Waals surface area contributed by atoms with Crippen molar-refractivity contribution in [1.82, 2.24) is 14.5 Å². The van der Waals surface area contributed by atoms with Gasteiger partial charge in [-0.1, -0.05) is 104 Å². The molecular weight excluding hydrogens is 500 g/mol. The Labute approximate surface area is 239 Å². The van der Waals surface area contributed by atoms with Crippen molar-refractivity contribution in [2.75, 3.05) is 0 Å². The van der Waals surface area contributed by atoms with Crippen LogP contribution in [0.25, 0.3) is 67.3 Å². The van der Waals surface area contributed by atoms with E-state index in [0.29, 0.717) is 6.54 Å². The zero-order valence-corrected chi connectivity index (χ0v) is 22.5. The fraction of sp³-hybridized carbons (Fsp3) is 0.0270. The second-order valence-electron chi connectivity index (χ2n) is 9.99. The van der Waals surface area contributed by atoms with E-state index in [2.05, 4.69) is 102 Å². The zero-order valence-electron chi connectivity index (χ0n) is 22.5. The van der Waals surface area contributed by atoms with Crippen LogP contribution in [0.15, 0.2) is 134 Å². The van der Waals surface area contributed by atoms with Crippen LogP contribution < -0.4 is 5.73 Å². The van der Waals surface area contributed by atoms with E-state index in [9.17, 15) is 0 Å². The van der Waals surface area contributed by atoms with Crippen LogP contribution in [0.3, 0.4) is 0 Å². The summed E-state index contributed by atoms with van der Waals surface area (Å²) in [5.74, 6) is 0.802. The quantitative estimate of drug-likeness (QED) is 0.235. The molecule has 7 rings (SSSR count). The van der Waals surface area contributed by atoms with Gasteiger partial charge in [0.25, 0.3) is 0 Å². The van der Waals surface area contributed by atoms with Gasteiger partial charge in [0.05, 0.1) is 28.3 Å². The Morgan fingerprint density at radius 3 is 2.02 bits per heavy atom. The maximum absolute atomic E-state index is 6.17. The van der Waals surface area contributed by atoms with Gasteiger partial charge < -0.3 is 5.73 Å². The number of benzene rings is 4. The SMILES string of the molecule is C=Cc1c(CN)c2ccccc2n1-c1cccc(-c2cccc(-c3ccccc3-c3cccc4ccccc34)n2)n1. The summed E-state index contributed by atoms with van der Waals surface area (Å²) in [6.07, 6.45) is 1.86. The topological polar surface area (TPSA) is 56.7 Å². The molecule has 0 saturated carbocycles. The number of hydrogen-bond donors (Lipinski definition) is 1. The van der Waals surface area contributed by atoms with E-state index in [4.69, 9.17) is 15.7 Å². The normalized spacial score (nSPS) is 11.2. The van der Waals surface area contributed by atoms with Gasteiger partial charge in [0.2, 0.25) is 0 Å². The van der Waals surface area contributed by atoms with Crippen LogP contribution >= 0.6 is 0 Å². The summed E-state index contributed by atoms with van der Waals surface area (Å²) in [6.45, 7) is 4.51. The van der Waals surface area contributed by atoms with Crippen LogP contribution in [-0.2, 0) is 6.54 Å². The van der Waals surface area contributed by atoms with Gasteiger partial charge in [-0.25, -0.2) is 9.97 Å². The molecule has 196 valence electrons. The Morgan fingerprint density at radius 1 is 0.585 bits per heavy atom. The molecule has 0 saturated heterocycles. The van der Waals surface area contributed by atoms with Gasteiger partial charge in [-0.2, -0.15) is 0 Å². The Morgan fingerprint density at radius 2 is 1.20 bits per heavy atom. The first-order chi connectivity index (χ1) is 20.3. The maximum atomic E-state index is 6.17. The molecule has 0 amide bonds. The summed E-state index contributed by atoms with van der Waals surface area (Å²) in [7, 11) is 0. The van der Waals surface area contributed by atoms with Gasteiger partial charge in [-0.15, -0.1) is 0 Å². The predicted molar refractivity (Wildman–Crippen MR) is 171 cm³/mol. The van der Waals surface area contributed by atoms with Gasteiger partial charge in [0, 0.05) is 17.5 Å².